The molecule has 0 aliphatic carbocycles. The summed E-state index contributed by atoms with van der Waals surface area (Å²) in [4.78, 5) is 37.9. The fourth-order valence-corrected chi connectivity index (χ4v) is 8.04. The SMILES string of the molecule is CCCCCCCCCCCCCCCCCCCCCC(=O)OC[C@@H](COC(=O)CCCCCCCCCCCC(C)C)OC(=O)CCCCCCCCCCCC. The number of unbranched alkanes of at least 4 members (excludes halogenated alkanes) is 35. The normalized spacial score (nSPS) is 11.9. The molecule has 6 nitrogen and oxygen atoms in total. The monoisotopic (exact) mass is 835 g/mol. The zero-order chi connectivity index (χ0) is 43.1. The zero-order valence-electron chi connectivity index (χ0n) is 40.2. The number of rotatable bonds is 48. The Kier molecular flexibility index (Phi) is 46.2. The van der Waals surface area contributed by atoms with Crippen molar-refractivity contribution in [2.75, 3.05) is 13.2 Å². The van der Waals surface area contributed by atoms with Crippen LogP contribution in [-0.2, 0) is 28.6 Å². The average Bonchev–Trinajstić information content (AvgIpc) is 3.22. The summed E-state index contributed by atoms with van der Waals surface area (Å²) >= 11 is 0. The molecule has 0 fully saturated rings. The lowest BCUT2D eigenvalue weighted by molar-refractivity contribution is -0.167. The standard InChI is InChI=1S/C53H102O6/c1-5-7-9-11-13-15-17-18-19-20-21-22-23-24-25-29-32-36-40-44-51(54)57-47-50(59-53(56)46-42-38-34-28-16-14-12-10-8-6-2)48-58-52(55)45-41-37-33-30-26-27-31-35-39-43-49(3)4/h49-50H,5-48H2,1-4H3/t50-/m0/s1. The van der Waals surface area contributed by atoms with Gasteiger partial charge in [0.2, 0.25) is 0 Å². The Balaban J connectivity index is 4.21. The van der Waals surface area contributed by atoms with E-state index in [4.69, 9.17) is 14.2 Å². The number of hydrogen-bond acceptors (Lipinski definition) is 6. The van der Waals surface area contributed by atoms with Gasteiger partial charge in [0.25, 0.3) is 0 Å². The molecule has 0 aliphatic heterocycles. The van der Waals surface area contributed by atoms with Gasteiger partial charge in [0.05, 0.1) is 0 Å². The summed E-state index contributed by atoms with van der Waals surface area (Å²) in [7, 11) is 0. The molecule has 0 radical (unpaired) electrons. The van der Waals surface area contributed by atoms with E-state index in [2.05, 4.69) is 27.7 Å². The van der Waals surface area contributed by atoms with Gasteiger partial charge in [0.15, 0.2) is 6.10 Å². The number of carbonyl (C=O) groups is 3. The second-order valence-electron chi connectivity index (χ2n) is 18.6. The fourth-order valence-electron chi connectivity index (χ4n) is 8.04. The molecule has 0 rings (SSSR count). The van der Waals surface area contributed by atoms with Crippen molar-refractivity contribution in [3.8, 4) is 0 Å². The van der Waals surface area contributed by atoms with Gasteiger partial charge in [0.1, 0.15) is 13.2 Å². The maximum absolute atomic E-state index is 12.7. The molecule has 0 aromatic heterocycles. The highest BCUT2D eigenvalue weighted by molar-refractivity contribution is 5.71. The molecule has 0 amide bonds. The summed E-state index contributed by atoms with van der Waals surface area (Å²) in [5.41, 5.74) is 0. The van der Waals surface area contributed by atoms with E-state index in [-0.39, 0.29) is 31.1 Å². The summed E-state index contributed by atoms with van der Waals surface area (Å²) in [5, 5.41) is 0. The zero-order valence-corrected chi connectivity index (χ0v) is 40.2. The Morgan fingerprint density at radius 2 is 0.559 bits per heavy atom. The maximum atomic E-state index is 12.7. The lowest BCUT2D eigenvalue weighted by atomic mass is 10.0. The first kappa shape index (κ1) is 57.4. The molecule has 0 aromatic carbocycles. The van der Waals surface area contributed by atoms with Crippen molar-refractivity contribution in [1.82, 2.24) is 0 Å². The van der Waals surface area contributed by atoms with E-state index in [9.17, 15) is 14.4 Å². The van der Waals surface area contributed by atoms with Gasteiger partial charge < -0.3 is 14.2 Å². The molecule has 1 atom stereocenters. The first-order valence-corrected chi connectivity index (χ1v) is 26.4. The number of hydrogen-bond donors (Lipinski definition) is 0. The minimum absolute atomic E-state index is 0.0630. The van der Waals surface area contributed by atoms with Gasteiger partial charge in [-0.15, -0.1) is 0 Å². The Labute approximate surface area is 368 Å². The molecular weight excluding hydrogens is 733 g/mol. The topological polar surface area (TPSA) is 78.9 Å². The minimum atomic E-state index is -0.760. The summed E-state index contributed by atoms with van der Waals surface area (Å²) < 4.78 is 16.8. The smallest absolute Gasteiger partial charge is 0.306 e. The van der Waals surface area contributed by atoms with E-state index in [0.29, 0.717) is 19.3 Å². The third-order valence-corrected chi connectivity index (χ3v) is 12.0. The maximum Gasteiger partial charge on any atom is 0.306 e. The van der Waals surface area contributed by atoms with Crippen LogP contribution in [0.2, 0.25) is 0 Å². The second-order valence-corrected chi connectivity index (χ2v) is 18.6. The van der Waals surface area contributed by atoms with Gasteiger partial charge in [-0.1, -0.05) is 259 Å². The first-order chi connectivity index (χ1) is 28.9. The molecule has 350 valence electrons. The van der Waals surface area contributed by atoms with Crippen LogP contribution in [0.5, 0.6) is 0 Å². The number of esters is 3. The van der Waals surface area contributed by atoms with Crippen LogP contribution in [0.4, 0.5) is 0 Å². The Morgan fingerprint density at radius 3 is 0.831 bits per heavy atom. The van der Waals surface area contributed by atoms with E-state index >= 15 is 0 Å². The highest BCUT2D eigenvalue weighted by atomic mass is 16.6. The summed E-state index contributed by atoms with van der Waals surface area (Å²) in [6, 6.07) is 0. The second kappa shape index (κ2) is 47.5. The lowest BCUT2D eigenvalue weighted by Gasteiger charge is -2.18. The van der Waals surface area contributed by atoms with Crippen LogP contribution >= 0.6 is 0 Å². The summed E-state index contributed by atoms with van der Waals surface area (Å²) in [6.45, 7) is 9.00. The predicted octanol–water partition coefficient (Wildman–Crippen LogP) is 17.1. The molecule has 0 aromatic rings. The molecule has 0 bridgehead atoms. The van der Waals surface area contributed by atoms with Gasteiger partial charge in [-0.2, -0.15) is 0 Å². The van der Waals surface area contributed by atoms with Crippen LogP contribution in [0.25, 0.3) is 0 Å². The van der Waals surface area contributed by atoms with Crippen molar-refractivity contribution in [3.05, 3.63) is 0 Å². The van der Waals surface area contributed by atoms with Crippen molar-refractivity contribution < 1.29 is 28.6 Å². The quantitative estimate of drug-likeness (QED) is 0.0345. The molecule has 0 unspecified atom stereocenters. The molecule has 0 aliphatic rings. The van der Waals surface area contributed by atoms with Crippen LogP contribution in [0.15, 0.2) is 0 Å². The van der Waals surface area contributed by atoms with Crippen LogP contribution < -0.4 is 0 Å². The molecular formula is C53H102O6. The minimum Gasteiger partial charge on any atom is -0.462 e. The van der Waals surface area contributed by atoms with Crippen molar-refractivity contribution in [3.63, 3.8) is 0 Å². The van der Waals surface area contributed by atoms with Gasteiger partial charge in [0, 0.05) is 19.3 Å². The molecule has 0 heterocycles. The largest absolute Gasteiger partial charge is 0.462 e. The fraction of sp³-hybridized carbons (Fsp3) is 0.943. The highest BCUT2D eigenvalue weighted by Crippen LogP contribution is 2.17. The van der Waals surface area contributed by atoms with Gasteiger partial charge in [-0.05, 0) is 25.2 Å². The summed E-state index contributed by atoms with van der Waals surface area (Å²) in [5.74, 6) is -0.0383. The van der Waals surface area contributed by atoms with E-state index in [1.54, 1.807) is 0 Å². The third-order valence-electron chi connectivity index (χ3n) is 12.0. The number of ether oxygens (including phenoxy) is 3. The average molecular weight is 835 g/mol. The van der Waals surface area contributed by atoms with Gasteiger partial charge >= 0.3 is 17.9 Å². The van der Waals surface area contributed by atoms with Crippen LogP contribution in [0, 0.1) is 5.92 Å². The van der Waals surface area contributed by atoms with Crippen molar-refractivity contribution in [2.24, 2.45) is 5.92 Å². The van der Waals surface area contributed by atoms with Crippen LogP contribution in [0.3, 0.4) is 0 Å². The molecule has 0 saturated carbocycles. The van der Waals surface area contributed by atoms with Crippen molar-refractivity contribution in [1.29, 1.82) is 0 Å². The Morgan fingerprint density at radius 1 is 0.322 bits per heavy atom. The van der Waals surface area contributed by atoms with Crippen LogP contribution in [0.1, 0.15) is 297 Å². The molecule has 0 saturated heterocycles. The van der Waals surface area contributed by atoms with Gasteiger partial charge in [-0.25, -0.2) is 0 Å². The van der Waals surface area contributed by atoms with E-state index in [1.165, 1.54) is 193 Å². The molecule has 6 heteroatoms. The number of carbonyl (C=O) groups excluding carboxylic acids is 3. The van der Waals surface area contributed by atoms with E-state index in [1.807, 2.05) is 0 Å². The third kappa shape index (κ3) is 47.3. The van der Waals surface area contributed by atoms with Gasteiger partial charge in [-0.3, -0.25) is 14.4 Å². The Bertz CT molecular complexity index is 887. The first-order valence-electron chi connectivity index (χ1n) is 26.4. The summed E-state index contributed by atoms with van der Waals surface area (Å²) in [6.07, 6.45) is 49.5. The predicted molar refractivity (Wildman–Crippen MR) is 252 cm³/mol. The van der Waals surface area contributed by atoms with Crippen LogP contribution in [-0.4, -0.2) is 37.2 Å². The molecule has 0 N–H and O–H groups in total. The molecule has 59 heavy (non-hydrogen) atoms. The van der Waals surface area contributed by atoms with Crippen molar-refractivity contribution in [2.45, 2.75) is 303 Å². The highest BCUT2D eigenvalue weighted by Gasteiger charge is 2.19. The van der Waals surface area contributed by atoms with E-state index in [0.717, 1.165) is 63.7 Å². The Hall–Kier alpha value is -1.59. The van der Waals surface area contributed by atoms with E-state index < -0.39 is 6.10 Å². The molecule has 0 spiro atoms. The lowest BCUT2D eigenvalue weighted by Crippen LogP contribution is -2.30. The van der Waals surface area contributed by atoms with Crippen molar-refractivity contribution >= 4 is 17.9 Å².